The van der Waals surface area contributed by atoms with Crippen molar-refractivity contribution in [3.63, 3.8) is 0 Å². The Hall–Kier alpha value is -1.10. The van der Waals surface area contributed by atoms with Crippen LogP contribution in [-0.2, 0) is 0 Å². The van der Waals surface area contributed by atoms with Gasteiger partial charge in [0.2, 0.25) is 0 Å². The van der Waals surface area contributed by atoms with E-state index in [1.807, 2.05) is 47.8 Å². The van der Waals surface area contributed by atoms with Gasteiger partial charge in [-0.3, -0.25) is 0 Å². The second-order valence-corrected chi connectivity index (χ2v) is 7.70. The van der Waals surface area contributed by atoms with Crippen LogP contribution in [0.5, 0.6) is 5.75 Å². The number of ether oxygens (including phenoxy) is 1. The highest BCUT2D eigenvalue weighted by molar-refractivity contribution is 8.19. The topological polar surface area (TPSA) is 26.3 Å². The van der Waals surface area contributed by atoms with Crippen LogP contribution in [0.1, 0.15) is 20.5 Å². The van der Waals surface area contributed by atoms with Gasteiger partial charge in [-0.15, -0.1) is 23.5 Å². The SMILES string of the molecule is O=C(Oc1cccc(Cl)c1)c1ccc(C2SCCS2)cc1. The highest BCUT2D eigenvalue weighted by Crippen LogP contribution is 2.45. The fraction of sp³-hybridized carbons (Fsp3) is 0.188. The van der Waals surface area contributed by atoms with E-state index in [0.29, 0.717) is 20.9 Å². The van der Waals surface area contributed by atoms with Crippen molar-refractivity contribution in [1.82, 2.24) is 0 Å². The number of hydrogen-bond donors (Lipinski definition) is 0. The van der Waals surface area contributed by atoms with Gasteiger partial charge in [0.1, 0.15) is 5.75 Å². The van der Waals surface area contributed by atoms with E-state index in [1.165, 1.54) is 17.1 Å². The zero-order valence-corrected chi connectivity index (χ0v) is 13.5. The van der Waals surface area contributed by atoms with Gasteiger partial charge in [0.25, 0.3) is 0 Å². The lowest BCUT2D eigenvalue weighted by Gasteiger charge is -2.09. The molecule has 0 aliphatic carbocycles. The first-order valence-corrected chi connectivity index (χ1v) is 9.01. The second-order valence-electron chi connectivity index (χ2n) is 4.54. The molecule has 2 aromatic rings. The summed E-state index contributed by atoms with van der Waals surface area (Å²) in [7, 11) is 0. The molecule has 1 saturated heterocycles. The summed E-state index contributed by atoms with van der Waals surface area (Å²) in [6.45, 7) is 0. The Labute approximate surface area is 137 Å². The van der Waals surface area contributed by atoms with Crippen LogP contribution in [0.25, 0.3) is 0 Å². The summed E-state index contributed by atoms with van der Waals surface area (Å²) < 4.78 is 5.80. The summed E-state index contributed by atoms with van der Waals surface area (Å²) in [5.41, 5.74) is 1.80. The second kappa shape index (κ2) is 6.77. The van der Waals surface area contributed by atoms with Crippen LogP contribution in [0.2, 0.25) is 5.02 Å². The fourth-order valence-electron chi connectivity index (χ4n) is 2.02. The van der Waals surface area contributed by atoms with Crippen LogP contribution in [-0.4, -0.2) is 17.5 Å². The van der Waals surface area contributed by atoms with Crippen LogP contribution in [0, 0.1) is 0 Å². The molecule has 1 fully saturated rings. The van der Waals surface area contributed by atoms with Gasteiger partial charge in [-0.2, -0.15) is 0 Å². The molecule has 1 heterocycles. The molecule has 0 spiro atoms. The van der Waals surface area contributed by atoms with Crippen LogP contribution >= 0.6 is 35.1 Å². The van der Waals surface area contributed by atoms with E-state index in [1.54, 1.807) is 24.3 Å². The van der Waals surface area contributed by atoms with Crippen molar-refractivity contribution >= 4 is 41.1 Å². The molecule has 0 radical (unpaired) electrons. The Bertz CT molecular complexity index is 637. The summed E-state index contributed by atoms with van der Waals surface area (Å²) >= 11 is 9.76. The summed E-state index contributed by atoms with van der Waals surface area (Å²) in [5, 5.41) is 0.547. The standard InChI is InChI=1S/C16H13ClO2S2/c17-13-2-1-3-14(10-13)19-15(18)11-4-6-12(7-5-11)16-20-8-9-21-16/h1-7,10,16H,8-9H2. The first kappa shape index (κ1) is 14.8. The molecule has 0 N–H and O–H groups in total. The van der Waals surface area contributed by atoms with Crippen molar-refractivity contribution in [1.29, 1.82) is 0 Å². The molecule has 0 amide bonds. The van der Waals surface area contributed by atoms with Gasteiger partial charge < -0.3 is 4.74 Å². The van der Waals surface area contributed by atoms with Crippen LogP contribution in [0.4, 0.5) is 0 Å². The minimum Gasteiger partial charge on any atom is -0.423 e. The maximum Gasteiger partial charge on any atom is 0.343 e. The lowest BCUT2D eigenvalue weighted by molar-refractivity contribution is 0.0735. The normalized spacial score (nSPS) is 15.1. The van der Waals surface area contributed by atoms with Gasteiger partial charge in [-0.25, -0.2) is 4.79 Å². The number of carbonyl (C=O) groups excluding carboxylic acids is 1. The molecule has 0 atom stereocenters. The Morgan fingerprint density at radius 2 is 1.81 bits per heavy atom. The highest BCUT2D eigenvalue weighted by atomic mass is 35.5. The minimum atomic E-state index is -0.365. The molecule has 1 aliphatic heterocycles. The zero-order valence-electron chi connectivity index (χ0n) is 11.1. The van der Waals surface area contributed by atoms with Gasteiger partial charge in [0, 0.05) is 16.5 Å². The summed E-state index contributed by atoms with van der Waals surface area (Å²) in [5.74, 6) is 2.47. The van der Waals surface area contributed by atoms with Gasteiger partial charge >= 0.3 is 5.97 Å². The molecule has 2 nitrogen and oxygen atoms in total. The molecule has 2 aromatic carbocycles. The van der Waals surface area contributed by atoms with Gasteiger partial charge in [0.05, 0.1) is 10.1 Å². The Morgan fingerprint density at radius 1 is 1.10 bits per heavy atom. The van der Waals surface area contributed by atoms with Crippen molar-refractivity contribution in [2.45, 2.75) is 4.58 Å². The molecule has 0 aromatic heterocycles. The van der Waals surface area contributed by atoms with E-state index in [-0.39, 0.29) is 5.97 Å². The Balaban J connectivity index is 1.70. The zero-order chi connectivity index (χ0) is 14.7. The number of rotatable bonds is 3. The van der Waals surface area contributed by atoms with Crippen LogP contribution < -0.4 is 4.74 Å². The van der Waals surface area contributed by atoms with E-state index in [9.17, 15) is 4.79 Å². The molecule has 0 unspecified atom stereocenters. The first-order valence-electron chi connectivity index (χ1n) is 6.53. The maximum atomic E-state index is 12.1. The van der Waals surface area contributed by atoms with Crippen molar-refractivity contribution in [2.24, 2.45) is 0 Å². The van der Waals surface area contributed by atoms with E-state index < -0.39 is 0 Å². The number of halogens is 1. The Kier molecular flexibility index (Phi) is 4.78. The first-order chi connectivity index (χ1) is 10.2. The van der Waals surface area contributed by atoms with E-state index >= 15 is 0 Å². The summed E-state index contributed by atoms with van der Waals surface area (Å²) in [6.07, 6.45) is 0. The minimum absolute atomic E-state index is 0.365. The number of carbonyl (C=O) groups is 1. The third-order valence-electron chi connectivity index (χ3n) is 3.05. The van der Waals surface area contributed by atoms with Crippen molar-refractivity contribution in [3.8, 4) is 5.75 Å². The largest absolute Gasteiger partial charge is 0.423 e. The predicted octanol–water partition coefficient (Wildman–Crippen LogP) is 5.04. The van der Waals surface area contributed by atoms with Gasteiger partial charge in [-0.1, -0.05) is 29.8 Å². The lowest BCUT2D eigenvalue weighted by Crippen LogP contribution is -2.08. The third-order valence-corrected chi connectivity index (χ3v) is 6.39. The molecule has 108 valence electrons. The van der Waals surface area contributed by atoms with Crippen molar-refractivity contribution in [3.05, 3.63) is 64.7 Å². The molecule has 1 aliphatic rings. The molecule has 21 heavy (non-hydrogen) atoms. The molecule has 0 saturated carbocycles. The number of thioether (sulfide) groups is 2. The Morgan fingerprint density at radius 3 is 2.48 bits per heavy atom. The smallest absolute Gasteiger partial charge is 0.343 e. The lowest BCUT2D eigenvalue weighted by atomic mass is 10.1. The fourth-order valence-corrected chi connectivity index (χ4v) is 5.06. The molecule has 5 heteroatoms. The van der Waals surface area contributed by atoms with Gasteiger partial charge in [-0.05, 0) is 35.9 Å². The van der Waals surface area contributed by atoms with E-state index in [4.69, 9.17) is 16.3 Å². The molecular formula is C16H13ClO2S2. The molecule has 3 rings (SSSR count). The number of benzene rings is 2. The van der Waals surface area contributed by atoms with Gasteiger partial charge in [0.15, 0.2) is 0 Å². The predicted molar refractivity (Wildman–Crippen MR) is 90.5 cm³/mol. The monoisotopic (exact) mass is 336 g/mol. The maximum absolute atomic E-state index is 12.1. The van der Waals surface area contributed by atoms with E-state index in [0.717, 1.165) is 0 Å². The average molecular weight is 337 g/mol. The molecular weight excluding hydrogens is 324 g/mol. The number of esters is 1. The summed E-state index contributed by atoms with van der Waals surface area (Å²) in [4.78, 5) is 12.1. The quantitative estimate of drug-likeness (QED) is 0.579. The van der Waals surface area contributed by atoms with Crippen LogP contribution in [0.3, 0.4) is 0 Å². The van der Waals surface area contributed by atoms with E-state index in [2.05, 4.69) is 0 Å². The summed E-state index contributed by atoms with van der Waals surface area (Å²) in [6, 6.07) is 14.5. The molecule has 0 bridgehead atoms. The third kappa shape index (κ3) is 3.76. The highest BCUT2D eigenvalue weighted by Gasteiger charge is 2.18. The van der Waals surface area contributed by atoms with Crippen LogP contribution in [0.15, 0.2) is 48.5 Å². The van der Waals surface area contributed by atoms with Crippen molar-refractivity contribution < 1.29 is 9.53 Å². The van der Waals surface area contributed by atoms with Crippen molar-refractivity contribution in [2.75, 3.05) is 11.5 Å². The number of hydrogen-bond acceptors (Lipinski definition) is 4. The average Bonchev–Trinajstić information content (AvgIpc) is 3.01.